The highest BCUT2D eigenvalue weighted by atomic mass is 35.5. The number of benzene rings is 1. The number of carbonyl (C=O) groups is 1. The average molecular weight is 282 g/mol. The predicted molar refractivity (Wildman–Crippen MR) is 70.9 cm³/mol. The van der Waals surface area contributed by atoms with Crippen molar-refractivity contribution in [1.82, 2.24) is 4.57 Å². The maximum Gasteiger partial charge on any atom is 0.358 e. The van der Waals surface area contributed by atoms with Gasteiger partial charge in [0.1, 0.15) is 0 Å². The van der Waals surface area contributed by atoms with E-state index < -0.39 is 11.4 Å². The van der Waals surface area contributed by atoms with Crippen LogP contribution in [0.15, 0.2) is 23.1 Å². The molecule has 0 saturated carbocycles. The molecule has 1 aliphatic carbocycles. The van der Waals surface area contributed by atoms with Gasteiger partial charge < -0.3 is 14.4 Å². The van der Waals surface area contributed by atoms with Gasteiger partial charge in [0.25, 0.3) is 0 Å². The summed E-state index contributed by atoms with van der Waals surface area (Å²) in [5.74, 6) is -0.931. The molecule has 2 rings (SSSR count). The largest absolute Gasteiger partial charge is 0.505 e. The van der Waals surface area contributed by atoms with Crippen LogP contribution in [-0.2, 0) is 11.8 Å². The minimum absolute atomic E-state index is 0.00364. The number of aryl methyl sites for hydroxylation is 1. The van der Waals surface area contributed by atoms with E-state index in [1.54, 1.807) is 20.2 Å². The summed E-state index contributed by atoms with van der Waals surface area (Å²) in [6.45, 7) is 1.87. The first-order valence-corrected chi connectivity index (χ1v) is 6.02. The first-order valence-electron chi connectivity index (χ1n) is 5.64. The number of esters is 1. The van der Waals surface area contributed by atoms with E-state index in [4.69, 9.17) is 16.3 Å². The lowest BCUT2D eigenvalue weighted by atomic mass is 10.0. The van der Waals surface area contributed by atoms with Crippen LogP contribution in [-0.4, -0.2) is 22.2 Å². The molecule has 0 saturated heterocycles. The van der Waals surface area contributed by atoms with Crippen LogP contribution < -0.4 is 5.43 Å². The molecule has 0 aromatic heterocycles. The van der Waals surface area contributed by atoms with Gasteiger partial charge in [-0.25, -0.2) is 4.79 Å². The van der Waals surface area contributed by atoms with E-state index in [0.29, 0.717) is 5.56 Å². The van der Waals surface area contributed by atoms with E-state index in [0.717, 1.165) is 0 Å². The SMILES string of the molecule is CCOC(=O)c1c(O)c2cc(=O)c(Cl)cc-2cn1C. The molecule has 0 bridgehead atoms. The number of ether oxygens (including phenoxy) is 1. The number of hydrogen-bond acceptors (Lipinski definition) is 4. The van der Waals surface area contributed by atoms with Gasteiger partial charge >= 0.3 is 5.97 Å². The Morgan fingerprint density at radius 2 is 2.16 bits per heavy atom. The van der Waals surface area contributed by atoms with Crippen LogP contribution in [0.5, 0.6) is 5.75 Å². The molecule has 0 spiro atoms. The van der Waals surface area contributed by atoms with E-state index >= 15 is 0 Å². The van der Waals surface area contributed by atoms with E-state index in [1.165, 1.54) is 16.7 Å². The minimum atomic E-state index is -0.646. The molecule has 0 atom stereocenters. The van der Waals surface area contributed by atoms with E-state index in [2.05, 4.69) is 0 Å². The maximum absolute atomic E-state index is 11.8. The monoisotopic (exact) mass is 281 g/mol. The summed E-state index contributed by atoms with van der Waals surface area (Å²) in [6, 6.07) is 2.66. The van der Waals surface area contributed by atoms with Crippen molar-refractivity contribution < 1.29 is 14.6 Å². The second kappa shape index (κ2) is 4.93. The van der Waals surface area contributed by atoms with Gasteiger partial charge in [-0.3, -0.25) is 4.79 Å². The van der Waals surface area contributed by atoms with Crippen LogP contribution in [0.4, 0.5) is 0 Å². The van der Waals surface area contributed by atoms with Crippen molar-refractivity contribution in [3.63, 3.8) is 0 Å². The molecule has 0 amide bonds. The molecule has 0 aromatic carbocycles. The fourth-order valence-corrected chi connectivity index (χ4v) is 2.06. The summed E-state index contributed by atoms with van der Waals surface area (Å²) in [7, 11) is 1.60. The lowest BCUT2D eigenvalue weighted by Crippen LogP contribution is -2.14. The molecule has 2 aliphatic rings. The molecule has 1 N–H and O–H groups in total. The molecule has 0 aromatic rings. The summed E-state index contributed by atoms with van der Waals surface area (Å²) in [4.78, 5) is 23.3. The van der Waals surface area contributed by atoms with E-state index in [9.17, 15) is 14.7 Å². The van der Waals surface area contributed by atoms with Crippen molar-refractivity contribution in [2.24, 2.45) is 7.05 Å². The molecular formula is C13H12ClNO4. The summed E-state index contributed by atoms with van der Waals surface area (Å²) < 4.78 is 6.31. The summed E-state index contributed by atoms with van der Waals surface area (Å²) >= 11 is 5.75. The highest BCUT2D eigenvalue weighted by Crippen LogP contribution is 2.34. The lowest BCUT2D eigenvalue weighted by molar-refractivity contribution is 0.0510. The van der Waals surface area contributed by atoms with E-state index in [-0.39, 0.29) is 28.6 Å². The van der Waals surface area contributed by atoms with Crippen LogP contribution >= 0.6 is 11.6 Å². The Morgan fingerprint density at radius 1 is 1.47 bits per heavy atom. The minimum Gasteiger partial charge on any atom is -0.505 e. The molecule has 100 valence electrons. The number of pyridine rings is 1. The van der Waals surface area contributed by atoms with Crippen molar-refractivity contribution >= 4 is 17.6 Å². The van der Waals surface area contributed by atoms with Crippen molar-refractivity contribution in [3.05, 3.63) is 39.3 Å². The Hall–Kier alpha value is -2.01. The van der Waals surface area contributed by atoms with Gasteiger partial charge in [0.2, 0.25) is 0 Å². The maximum atomic E-state index is 11.8. The second-order valence-corrected chi connectivity index (χ2v) is 4.43. The number of halogens is 1. The predicted octanol–water partition coefficient (Wildman–Crippen LogP) is 2.03. The molecule has 5 nitrogen and oxygen atoms in total. The van der Waals surface area contributed by atoms with Crippen molar-refractivity contribution in [2.45, 2.75) is 6.92 Å². The third-order valence-corrected chi connectivity index (χ3v) is 3.03. The summed E-state index contributed by atoms with van der Waals surface area (Å²) in [5, 5.41) is 10.2. The van der Waals surface area contributed by atoms with Gasteiger partial charge in [-0.05, 0) is 19.1 Å². The Morgan fingerprint density at radius 3 is 2.79 bits per heavy atom. The molecule has 0 unspecified atom stereocenters. The van der Waals surface area contributed by atoms with Crippen molar-refractivity contribution in [2.75, 3.05) is 6.61 Å². The third-order valence-electron chi connectivity index (χ3n) is 2.74. The fraction of sp³-hybridized carbons (Fsp3) is 0.231. The zero-order valence-electron chi connectivity index (χ0n) is 10.4. The molecular weight excluding hydrogens is 270 g/mol. The van der Waals surface area contributed by atoms with Gasteiger partial charge in [-0.15, -0.1) is 0 Å². The normalized spacial score (nSPS) is 10.7. The quantitative estimate of drug-likeness (QED) is 0.855. The van der Waals surface area contributed by atoms with Crippen LogP contribution in [0, 0.1) is 0 Å². The van der Waals surface area contributed by atoms with Gasteiger partial charge in [0.05, 0.1) is 11.6 Å². The first kappa shape index (κ1) is 13.4. The van der Waals surface area contributed by atoms with Crippen molar-refractivity contribution in [3.8, 4) is 16.9 Å². The number of aromatic nitrogens is 1. The summed E-state index contributed by atoms with van der Waals surface area (Å²) in [6.07, 6.45) is 1.60. The van der Waals surface area contributed by atoms with Gasteiger partial charge in [-0.1, -0.05) is 11.6 Å². The Bertz CT molecular complexity index is 677. The number of hydrogen-bond donors (Lipinski definition) is 1. The number of aromatic hydroxyl groups is 1. The molecule has 0 fully saturated rings. The van der Waals surface area contributed by atoms with Crippen LogP contribution in [0.3, 0.4) is 0 Å². The first-order chi connectivity index (χ1) is 8.95. The van der Waals surface area contributed by atoms with Crippen LogP contribution in [0.1, 0.15) is 17.4 Å². The lowest BCUT2D eigenvalue weighted by Gasteiger charge is -2.16. The summed E-state index contributed by atoms with van der Waals surface area (Å²) in [5.41, 5.74) is 0.428. The molecule has 6 heteroatoms. The topological polar surface area (TPSA) is 68.5 Å². The van der Waals surface area contributed by atoms with Gasteiger partial charge in [0.15, 0.2) is 16.9 Å². The fourth-order valence-electron chi connectivity index (χ4n) is 1.89. The number of rotatable bonds is 2. The van der Waals surface area contributed by atoms with Gasteiger partial charge in [0, 0.05) is 24.4 Å². The smallest absolute Gasteiger partial charge is 0.358 e. The molecule has 1 heterocycles. The highest BCUT2D eigenvalue weighted by Gasteiger charge is 2.22. The Labute approximate surface area is 114 Å². The molecule has 19 heavy (non-hydrogen) atoms. The Balaban J connectivity index is 2.75. The molecule has 0 radical (unpaired) electrons. The average Bonchev–Trinajstić information content (AvgIpc) is 2.32. The highest BCUT2D eigenvalue weighted by molar-refractivity contribution is 6.30. The number of nitrogens with zero attached hydrogens (tertiary/aromatic N) is 1. The van der Waals surface area contributed by atoms with Crippen LogP contribution in [0.2, 0.25) is 5.02 Å². The third kappa shape index (κ3) is 2.29. The number of fused-ring (bicyclic) bond motifs is 1. The van der Waals surface area contributed by atoms with Crippen LogP contribution in [0.25, 0.3) is 11.1 Å². The zero-order chi connectivity index (χ0) is 14.2. The molecule has 1 aliphatic heterocycles. The van der Waals surface area contributed by atoms with Crippen molar-refractivity contribution in [1.29, 1.82) is 0 Å². The Kier molecular flexibility index (Phi) is 3.48. The number of carbonyl (C=O) groups excluding carboxylic acids is 1. The standard InChI is InChI=1S/C13H12ClNO4/c1-3-19-13(18)11-12(17)8-5-10(16)9(14)4-7(8)6-15(11)2/h4-6,17H,3H2,1-2H3. The second-order valence-electron chi connectivity index (χ2n) is 4.03. The van der Waals surface area contributed by atoms with Gasteiger partial charge in [-0.2, -0.15) is 0 Å². The zero-order valence-corrected chi connectivity index (χ0v) is 11.2. The van der Waals surface area contributed by atoms with E-state index in [1.807, 2.05) is 0 Å².